The second-order valence-corrected chi connectivity index (χ2v) is 10.2. The van der Waals surface area contributed by atoms with Crippen molar-refractivity contribution in [2.45, 2.75) is 77.8 Å². The molecule has 0 radical (unpaired) electrons. The number of anilines is 3. The third kappa shape index (κ3) is 6.21. The lowest BCUT2D eigenvalue weighted by atomic mass is 9.86. The topological polar surface area (TPSA) is 56.3 Å². The summed E-state index contributed by atoms with van der Waals surface area (Å²) < 4.78 is 0. The molecular formula is C28H44N6. The molecule has 0 saturated heterocycles. The van der Waals surface area contributed by atoms with Crippen LogP contribution in [-0.4, -0.2) is 49.7 Å². The van der Waals surface area contributed by atoms with Gasteiger partial charge in [0.15, 0.2) is 0 Å². The highest BCUT2D eigenvalue weighted by atomic mass is 15.2. The smallest absolute Gasteiger partial charge is 0.225 e. The van der Waals surface area contributed by atoms with Gasteiger partial charge >= 0.3 is 0 Å². The zero-order valence-corrected chi connectivity index (χ0v) is 21.7. The lowest BCUT2D eigenvalue weighted by Crippen LogP contribution is -2.32. The molecule has 0 atom stereocenters. The maximum Gasteiger partial charge on any atom is 0.225 e. The summed E-state index contributed by atoms with van der Waals surface area (Å²) in [4.78, 5) is 14.4. The van der Waals surface area contributed by atoms with Crippen molar-refractivity contribution in [1.82, 2.24) is 15.3 Å². The molecule has 34 heavy (non-hydrogen) atoms. The van der Waals surface area contributed by atoms with Crippen molar-refractivity contribution in [2.24, 2.45) is 5.92 Å². The molecule has 1 heterocycles. The van der Waals surface area contributed by atoms with E-state index in [4.69, 9.17) is 9.97 Å². The van der Waals surface area contributed by atoms with Crippen LogP contribution in [0.3, 0.4) is 0 Å². The summed E-state index contributed by atoms with van der Waals surface area (Å²) in [5.74, 6) is 2.70. The van der Waals surface area contributed by atoms with Crippen LogP contribution in [-0.2, 0) is 19.4 Å². The van der Waals surface area contributed by atoms with Crippen molar-refractivity contribution < 1.29 is 0 Å². The fourth-order valence-corrected chi connectivity index (χ4v) is 5.54. The van der Waals surface area contributed by atoms with E-state index < -0.39 is 0 Å². The molecule has 186 valence electrons. The zero-order valence-electron chi connectivity index (χ0n) is 21.7. The highest BCUT2D eigenvalue weighted by molar-refractivity contribution is 5.53. The highest BCUT2D eigenvalue weighted by Gasteiger charge is 2.24. The second-order valence-electron chi connectivity index (χ2n) is 10.2. The average molecular weight is 465 g/mol. The van der Waals surface area contributed by atoms with Gasteiger partial charge in [0.05, 0.1) is 5.69 Å². The van der Waals surface area contributed by atoms with Gasteiger partial charge in [0.2, 0.25) is 5.95 Å². The van der Waals surface area contributed by atoms with Gasteiger partial charge in [-0.2, -0.15) is 4.98 Å². The largest absolute Gasteiger partial charge is 0.372 e. The first-order valence-electron chi connectivity index (χ1n) is 13.5. The van der Waals surface area contributed by atoms with Crippen LogP contribution in [0.1, 0.15) is 69.2 Å². The van der Waals surface area contributed by atoms with E-state index in [-0.39, 0.29) is 0 Å². The van der Waals surface area contributed by atoms with Crippen molar-refractivity contribution >= 4 is 17.5 Å². The molecule has 1 aromatic heterocycles. The standard InChI is InChI=1S/C28H44N6/c1-5-34(6-2)24-17-13-22(14-18-24)20-29-19-21-11-15-23(16-12-21)30-28-31-26-10-8-7-9-25(26)27(32-28)33(3)4/h13-14,17-18,21,23,29H,5-12,15-16,19-20H2,1-4H3,(H,30,31,32)/t21-,23+. The lowest BCUT2D eigenvalue weighted by Gasteiger charge is -2.30. The third-order valence-electron chi connectivity index (χ3n) is 7.59. The Morgan fingerprint density at radius 1 is 0.912 bits per heavy atom. The van der Waals surface area contributed by atoms with Gasteiger partial charge in [0.25, 0.3) is 0 Å². The number of fused-ring (bicyclic) bond motifs is 1. The minimum absolute atomic E-state index is 0.487. The van der Waals surface area contributed by atoms with Gasteiger partial charge in [-0.05, 0) is 95.4 Å². The molecule has 0 spiro atoms. The van der Waals surface area contributed by atoms with Gasteiger partial charge in [0, 0.05) is 51.0 Å². The summed E-state index contributed by atoms with van der Waals surface area (Å²) in [5, 5.41) is 7.38. The predicted octanol–water partition coefficient (Wildman–Crippen LogP) is 5.03. The molecule has 4 rings (SSSR count). The Morgan fingerprint density at radius 3 is 2.29 bits per heavy atom. The van der Waals surface area contributed by atoms with Crippen LogP contribution in [0.25, 0.3) is 0 Å². The monoisotopic (exact) mass is 464 g/mol. The van der Waals surface area contributed by atoms with Crippen LogP contribution in [0, 0.1) is 5.92 Å². The molecule has 0 unspecified atom stereocenters. The summed E-state index contributed by atoms with van der Waals surface area (Å²) >= 11 is 0. The average Bonchev–Trinajstić information content (AvgIpc) is 2.86. The van der Waals surface area contributed by atoms with Crippen LogP contribution >= 0.6 is 0 Å². The van der Waals surface area contributed by atoms with E-state index in [2.05, 4.69) is 72.6 Å². The number of aromatic nitrogens is 2. The molecule has 2 aliphatic carbocycles. The molecule has 1 fully saturated rings. The molecule has 0 bridgehead atoms. The first-order valence-corrected chi connectivity index (χ1v) is 13.5. The third-order valence-corrected chi connectivity index (χ3v) is 7.59. The Kier molecular flexibility index (Phi) is 8.65. The van der Waals surface area contributed by atoms with Crippen LogP contribution in [0.4, 0.5) is 17.5 Å². The van der Waals surface area contributed by atoms with Crippen molar-refractivity contribution in [1.29, 1.82) is 0 Å². The van der Waals surface area contributed by atoms with Crippen LogP contribution in [0.15, 0.2) is 24.3 Å². The number of benzene rings is 1. The maximum absolute atomic E-state index is 4.92. The van der Waals surface area contributed by atoms with E-state index in [9.17, 15) is 0 Å². The number of nitrogens with zero attached hydrogens (tertiary/aromatic N) is 4. The molecule has 1 saturated carbocycles. The van der Waals surface area contributed by atoms with E-state index in [0.29, 0.717) is 6.04 Å². The summed E-state index contributed by atoms with van der Waals surface area (Å²) in [5.41, 5.74) is 5.31. The highest BCUT2D eigenvalue weighted by Crippen LogP contribution is 2.30. The van der Waals surface area contributed by atoms with Gasteiger partial charge in [-0.1, -0.05) is 12.1 Å². The molecule has 1 aromatic carbocycles. The Labute approximate surface area is 206 Å². The minimum atomic E-state index is 0.487. The number of hydrogen-bond donors (Lipinski definition) is 2. The van der Waals surface area contributed by atoms with E-state index in [0.717, 1.165) is 56.7 Å². The fraction of sp³-hybridized carbons (Fsp3) is 0.643. The van der Waals surface area contributed by atoms with Crippen LogP contribution in [0.5, 0.6) is 0 Å². The number of rotatable bonds is 10. The summed E-state index contributed by atoms with van der Waals surface area (Å²) in [7, 11) is 4.19. The van der Waals surface area contributed by atoms with Gasteiger partial charge in [-0.25, -0.2) is 4.98 Å². The van der Waals surface area contributed by atoms with E-state index >= 15 is 0 Å². The summed E-state index contributed by atoms with van der Waals surface area (Å²) in [6.45, 7) is 8.59. The lowest BCUT2D eigenvalue weighted by molar-refractivity contribution is 0.323. The Hall–Kier alpha value is -2.34. The molecular weight excluding hydrogens is 420 g/mol. The minimum Gasteiger partial charge on any atom is -0.372 e. The Balaban J connectivity index is 1.22. The van der Waals surface area contributed by atoms with Crippen molar-refractivity contribution in [3.8, 4) is 0 Å². The van der Waals surface area contributed by atoms with Crippen molar-refractivity contribution in [3.05, 3.63) is 41.1 Å². The Bertz CT molecular complexity index is 898. The van der Waals surface area contributed by atoms with E-state index in [1.54, 1.807) is 0 Å². The molecule has 6 heteroatoms. The summed E-state index contributed by atoms with van der Waals surface area (Å²) in [6, 6.07) is 9.53. The van der Waals surface area contributed by atoms with E-state index in [1.807, 2.05) is 0 Å². The molecule has 0 aliphatic heterocycles. The summed E-state index contributed by atoms with van der Waals surface area (Å²) in [6.07, 6.45) is 9.61. The van der Waals surface area contributed by atoms with E-state index in [1.165, 1.54) is 61.0 Å². The first-order chi connectivity index (χ1) is 16.6. The first kappa shape index (κ1) is 24.8. The van der Waals surface area contributed by atoms with Crippen molar-refractivity contribution in [3.63, 3.8) is 0 Å². The number of aryl methyl sites for hydroxylation is 1. The van der Waals surface area contributed by atoms with Gasteiger partial charge in [-0.15, -0.1) is 0 Å². The van der Waals surface area contributed by atoms with Crippen molar-refractivity contribution in [2.75, 3.05) is 48.8 Å². The molecule has 2 aromatic rings. The van der Waals surface area contributed by atoms with Crippen LogP contribution in [0.2, 0.25) is 0 Å². The molecule has 6 nitrogen and oxygen atoms in total. The van der Waals surface area contributed by atoms with Gasteiger partial charge < -0.3 is 20.4 Å². The fourth-order valence-electron chi connectivity index (χ4n) is 5.54. The normalized spacial score (nSPS) is 20.0. The van der Waals surface area contributed by atoms with Gasteiger partial charge in [0.1, 0.15) is 5.82 Å². The van der Waals surface area contributed by atoms with Gasteiger partial charge in [-0.3, -0.25) is 0 Å². The number of nitrogens with one attached hydrogen (secondary N) is 2. The molecule has 2 aliphatic rings. The molecule has 0 amide bonds. The number of hydrogen-bond acceptors (Lipinski definition) is 6. The zero-order chi connectivity index (χ0) is 23.9. The second kappa shape index (κ2) is 11.9. The SMILES string of the molecule is CCN(CC)c1ccc(CNC[C@H]2CC[C@@H](Nc3nc4c(c(N(C)C)n3)CCCC4)CC2)cc1. The van der Waals surface area contributed by atoms with Crippen LogP contribution < -0.4 is 20.4 Å². The quantitative estimate of drug-likeness (QED) is 0.514. The predicted molar refractivity (Wildman–Crippen MR) is 144 cm³/mol. The molecule has 2 N–H and O–H groups in total. The maximum atomic E-state index is 4.92. The Morgan fingerprint density at radius 2 is 1.62 bits per heavy atom.